The van der Waals surface area contributed by atoms with Gasteiger partial charge in [-0.1, -0.05) is 127 Å². The predicted molar refractivity (Wildman–Crippen MR) is 195 cm³/mol. The molecule has 3 heterocycles. The van der Waals surface area contributed by atoms with Crippen LogP contribution in [-0.2, 0) is 0 Å². The van der Waals surface area contributed by atoms with E-state index in [2.05, 4.69) is 120 Å². The van der Waals surface area contributed by atoms with Crippen molar-refractivity contribution in [3.63, 3.8) is 0 Å². The van der Waals surface area contributed by atoms with Crippen LogP contribution in [0.5, 0.6) is 0 Å². The van der Waals surface area contributed by atoms with Crippen LogP contribution in [0.3, 0.4) is 0 Å². The molecule has 5 nitrogen and oxygen atoms in total. The lowest BCUT2D eigenvalue weighted by molar-refractivity contribution is 0.669. The van der Waals surface area contributed by atoms with E-state index in [1.807, 2.05) is 42.5 Å². The van der Waals surface area contributed by atoms with Gasteiger partial charge in [0.15, 0.2) is 11.6 Å². The molecule has 0 bridgehead atoms. The first kappa shape index (κ1) is 26.6. The maximum absolute atomic E-state index is 6.29. The van der Waals surface area contributed by atoms with Crippen LogP contribution in [0.2, 0.25) is 0 Å². The molecule has 0 aliphatic heterocycles. The van der Waals surface area contributed by atoms with Gasteiger partial charge in [0.1, 0.15) is 11.2 Å². The van der Waals surface area contributed by atoms with Gasteiger partial charge in [0.25, 0.3) is 0 Å². The van der Waals surface area contributed by atoms with Crippen LogP contribution in [0.4, 0.5) is 0 Å². The number of hydrogen-bond donors (Lipinski definition) is 0. The van der Waals surface area contributed by atoms with Gasteiger partial charge in [0, 0.05) is 32.7 Å². The molecule has 0 aliphatic carbocycles. The number of rotatable bonds is 4. The molecule has 0 unspecified atom stereocenters. The molecule has 5 heteroatoms. The van der Waals surface area contributed by atoms with Crippen molar-refractivity contribution in [2.45, 2.75) is 0 Å². The summed E-state index contributed by atoms with van der Waals surface area (Å²) in [4.78, 5) is 15.8. The Morgan fingerprint density at radius 3 is 1.90 bits per heavy atom. The van der Waals surface area contributed by atoms with Crippen molar-refractivity contribution >= 4 is 54.5 Å². The molecule has 10 aromatic rings. The second-order valence-electron chi connectivity index (χ2n) is 12.0. The summed E-state index contributed by atoms with van der Waals surface area (Å²) >= 11 is 0. The first-order valence-corrected chi connectivity index (χ1v) is 16.0. The smallest absolute Gasteiger partial charge is 0.238 e. The molecule has 224 valence electrons. The normalized spacial score (nSPS) is 11.8. The highest BCUT2D eigenvalue weighted by molar-refractivity contribution is 6.14. The molecular weight excluding hydrogens is 589 g/mol. The third-order valence-electron chi connectivity index (χ3n) is 9.26. The maximum atomic E-state index is 6.29. The summed E-state index contributed by atoms with van der Waals surface area (Å²) in [5.74, 6) is 1.75. The molecule has 0 fully saturated rings. The van der Waals surface area contributed by atoms with Crippen molar-refractivity contribution in [1.82, 2.24) is 19.5 Å². The number of benzene rings is 7. The van der Waals surface area contributed by atoms with Gasteiger partial charge in [0.05, 0.1) is 11.0 Å². The first-order valence-electron chi connectivity index (χ1n) is 16.0. The number of hydrogen-bond acceptors (Lipinski definition) is 4. The van der Waals surface area contributed by atoms with Gasteiger partial charge in [-0.2, -0.15) is 9.97 Å². The van der Waals surface area contributed by atoms with Gasteiger partial charge in [-0.25, -0.2) is 4.98 Å². The van der Waals surface area contributed by atoms with Crippen LogP contribution in [0.25, 0.3) is 94.4 Å². The van der Waals surface area contributed by atoms with E-state index in [1.165, 1.54) is 5.39 Å². The Kier molecular flexibility index (Phi) is 5.81. The van der Waals surface area contributed by atoms with Gasteiger partial charge in [-0.3, -0.25) is 4.57 Å². The third-order valence-corrected chi connectivity index (χ3v) is 9.26. The van der Waals surface area contributed by atoms with E-state index >= 15 is 0 Å². The van der Waals surface area contributed by atoms with Crippen molar-refractivity contribution in [1.29, 1.82) is 0 Å². The minimum Gasteiger partial charge on any atom is -0.456 e. The van der Waals surface area contributed by atoms with Gasteiger partial charge < -0.3 is 4.42 Å². The molecule has 0 N–H and O–H groups in total. The second-order valence-corrected chi connectivity index (χ2v) is 12.0. The van der Waals surface area contributed by atoms with Crippen LogP contribution in [-0.4, -0.2) is 19.5 Å². The number of fused-ring (bicyclic) bond motifs is 7. The summed E-state index contributed by atoms with van der Waals surface area (Å²) in [5.41, 5.74) is 7.69. The molecule has 0 atom stereocenters. The maximum Gasteiger partial charge on any atom is 0.238 e. The average Bonchev–Trinajstić information content (AvgIpc) is 3.69. The van der Waals surface area contributed by atoms with Crippen molar-refractivity contribution in [2.24, 2.45) is 0 Å². The second kappa shape index (κ2) is 10.5. The van der Waals surface area contributed by atoms with Gasteiger partial charge in [-0.15, -0.1) is 0 Å². The van der Waals surface area contributed by atoms with Crippen molar-refractivity contribution < 1.29 is 4.42 Å². The lowest BCUT2D eigenvalue weighted by Crippen LogP contribution is -2.07. The SMILES string of the molecule is c1ccc(-c2ccccc2-c2nc(-c3cccc4oc5ccccc5c34)nc(-n3c4ccccc4c4cc5ccccc5cc43)n2)cc1. The summed E-state index contributed by atoms with van der Waals surface area (Å²) < 4.78 is 8.47. The topological polar surface area (TPSA) is 56.7 Å². The van der Waals surface area contributed by atoms with Crippen molar-refractivity contribution in [3.8, 4) is 39.9 Å². The Hall–Kier alpha value is -6.59. The first-order chi connectivity index (χ1) is 23.8. The summed E-state index contributed by atoms with van der Waals surface area (Å²) in [6.07, 6.45) is 0. The largest absolute Gasteiger partial charge is 0.456 e. The van der Waals surface area contributed by atoms with E-state index in [1.54, 1.807) is 0 Å². The Balaban J connectivity index is 1.32. The average molecular weight is 615 g/mol. The molecule has 0 spiro atoms. The van der Waals surface area contributed by atoms with E-state index in [4.69, 9.17) is 19.4 Å². The lowest BCUT2D eigenvalue weighted by Gasteiger charge is -2.14. The molecule has 0 saturated carbocycles. The van der Waals surface area contributed by atoms with Gasteiger partial charge >= 0.3 is 0 Å². The van der Waals surface area contributed by atoms with Crippen LogP contribution < -0.4 is 0 Å². The highest BCUT2D eigenvalue weighted by atomic mass is 16.3. The molecule has 0 radical (unpaired) electrons. The highest BCUT2D eigenvalue weighted by Gasteiger charge is 2.21. The quantitative estimate of drug-likeness (QED) is 0.198. The molecule has 0 aliphatic rings. The van der Waals surface area contributed by atoms with E-state index in [0.717, 1.165) is 71.4 Å². The fraction of sp³-hybridized carbons (Fsp3) is 0. The summed E-state index contributed by atoms with van der Waals surface area (Å²) in [6, 6.07) is 54.4. The van der Waals surface area contributed by atoms with E-state index in [-0.39, 0.29) is 0 Å². The highest BCUT2D eigenvalue weighted by Crippen LogP contribution is 2.39. The van der Waals surface area contributed by atoms with E-state index in [0.29, 0.717) is 17.6 Å². The van der Waals surface area contributed by atoms with Crippen LogP contribution in [0, 0.1) is 0 Å². The number of aromatic nitrogens is 4. The summed E-state index contributed by atoms with van der Waals surface area (Å²) in [5, 5.41) is 6.67. The molecule has 7 aromatic carbocycles. The Morgan fingerprint density at radius 1 is 0.417 bits per heavy atom. The summed E-state index contributed by atoms with van der Waals surface area (Å²) in [7, 11) is 0. The standard InChI is InChI=1S/C43H26N4O/c1-2-13-27(14-3-1)30-17-6-7-19-32(30)41-44-42(34-21-12-24-39-40(34)33-20-9-11-23-38(33)48-39)46-43(45-41)47-36-22-10-8-18-31(36)35-25-28-15-4-5-16-29(28)26-37(35)47/h1-26H. The zero-order valence-electron chi connectivity index (χ0n) is 25.7. The fourth-order valence-corrected chi connectivity index (χ4v) is 7.08. The van der Waals surface area contributed by atoms with Crippen LogP contribution in [0.1, 0.15) is 0 Å². The Labute approximate surface area is 275 Å². The number of para-hydroxylation sites is 2. The molecule has 0 amide bonds. The molecule has 48 heavy (non-hydrogen) atoms. The van der Waals surface area contributed by atoms with Gasteiger partial charge in [0.2, 0.25) is 5.95 Å². The number of nitrogens with zero attached hydrogens (tertiary/aromatic N) is 4. The van der Waals surface area contributed by atoms with E-state index < -0.39 is 0 Å². The third kappa shape index (κ3) is 4.08. The van der Waals surface area contributed by atoms with Crippen molar-refractivity contribution in [2.75, 3.05) is 0 Å². The van der Waals surface area contributed by atoms with Crippen molar-refractivity contribution in [3.05, 3.63) is 158 Å². The van der Waals surface area contributed by atoms with E-state index in [9.17, 15) is 0 Å². The van der Waals surface area contributed by atoms with Crippen LogP contribution >= 0.6 is 0 Å². The predicted octanol–water partition coefficient (Wildman–Crippen LogP) is 11.0. The number of furan rings is 1. The van der Waals surface area contributed by atoms with Gasteiger partial charge in [-0.05, 0) is 52.2 Å². The van der Waals surface area contributed by atoms with Crippen LogP contribution in [0.15, 0.2) is 162 Å². The molecule has 3 aromatic heterocycles. The summed E-state index contributed by atoms with van der Waals surface area (Å²) in [6.45, 7) is 0. The molecule has 0 saturated heterocycles. The lowest BCUT2D eigenvalue weighted by atomic mass is 9.99. The molecular formula is C43H26N4O. The fourth-order valence-electron chi connectivity index (χ4n) is 7.08. The minimum atomic E-state index is 0.559. The monoisotopic (exact) mass is 614 g/mol. The zero-order chi connectivity index (χ0) is 31.6. The zero-order valence-corrected chi connectivity index (χ0v) is 25.7. The Bertz CT molecular complexity index is 2850. The Morgan fingerprint density at radius 2 is 1.04 bits per heavy atom. The molecule has 10 rings (SSSR count). The minimum absolute atomic E-state index is 0.559.